The summed E-state index contributed by atoms with van der Waals surface area (Å²) in [6, 6.07) is 50.9. The number of anilines is 5. The summed E-state index contributed by atoms with van der Waals surface area (Å²) in [6.07, 6.45) is 1.83. The molecule has 3 aliphatic rings. The van der Waals surface area contributed by atoms with E-state index in [4.69, 9.17) is 9.72 Å². The van der Waals surface area contributed by atoms with Gasteiger partial charge in [-0.15, -0.1) is 35.2 Å². The molecule has 1 spiro atoms. The van der Waals surface area contributed by atoms with Crippen LogP contribution in [0.5, 0.6) is 11.5 Å². The molecule has 284 valence electrons. The fraction of sp³-hybridized carbons (Fsp3) is 0.125. The Hall–Kier alpha value is -5.69. The van der Waals surface area contributed by atoms with Crippen molar-refractivity contribution >= 4 is 62.0 Å². The zero-order valence-corrected chi connectivity index (χ0v) is 35.1. The second-order valence-corrected chi connectivity index (χ2v) is 16.2. The van der Waals surface area contributed by atoms with Gasteiger partial charge in [0, 0.05) is 110 Å². The van der Waals surface area contributed by atoms with E-state index in [1.54, 1.807) is 0 Å². The van der Waals surface area contributed by atoms with Gasteiger partial charge in [-0.3, -0.25) is 0 Å². The van der Waals surface area contributed by atoms with Crippen molar-refractivity contribution < 1.29 is 25.8 Å². The second-order valence-electron chi connectivity index (χ2n) is 15.1. The van der Waals surface area contributed by atoms with Crippen LogP contribution in [0.25, 0.3) is 27.6 Å². The van der Waals surface area contributed by atoms with Crippen molar-refractivity contribution in [2.75, 3.05) is 54.8 Å². The smallest absolute Gasteiger partial charge is 0.135 e. The first-order valence-corrected chi connectivity index (χ1v) is 19.6. The number of hydrogen-bond acceptors (Lipinski definition) is 7. The number of rotatable bonds is 5. The van der Waals surface area contributed by atoms with Crippen LogP contribution >= 0.6 is 11.8 Å². The first kappa shape index (κ1) is 35.7. The number of hydrogen-bond donors (Lipinski definition) is 0. The largest absolute Gasteiger partial charge is 0.509 e. The van der Waals surface area contributed by atoms with Crippen molar-refractivity contribution in [3.05, 3.63) is 169 Å². The van der Waals surface area contributed by atoms with Crippen LogP contribution in [-0.2, 0) is 26.5 Å². The summed E-state index contributed by atoms with van der Waals surface area (Å²) in [5.74, 6) is 2.06. The third kappa shape index (κ3) is 5.13. The van der Waals surface area contributed by atoms with Gasteiger partial charge in [0.25, 0.3) is 0 Å². The van der Waals surface area contributed by atoms with Crippen molar-refractivity contribution in [3.8, 4) is 17.3 Å². The average Bonchev–Trinajstić information content (AvgIpc) is 3.74. The predicted octanol–water partition coefficient (Wildman–Crippen LogP) is 10.6. The van der Waals surface area contributed by atoms with Crippen LogP contribution in [0.2, 0.25) is 0 Å². The molecule has 0 N–H and O–H groups in total. The molecule has 0 bridgehead atoms. The Kier molecular flexibility index (Phi) is 8.26. The quantitative estimate of drug-likeness (QED) is 0.159. The summed E-state index contributed by atoms with van der Waals surface area (Å²) in [6.45, 7) is 2.18. The molecule has 6 aromatic carbocycles. The Morgan fingerprint density at radius 1 is 0.684 bits per heavy atom. The van der Waals surface area contributed by atoms with E-state index in [9.17, 15) is 0 Å². The molecule has 2 aromatic heterocycles. The van der Waals surface area contributed by atoms with Crippen LogP contribution in [0.15, 0.2) is 137 Å². The van der Waals surface area contributed by atoms with Crippen LogP contribution in [-0.4, -0.2) is 44.8 Å². The number of ether oxygens (including phenoxy) is 1. The van der Waals surface area contributed by atoms with E-state index in [0.717, 1.165) is 61.6 Å². The van der Waals surface area contributed by atoms with Crippen molar-refractivity contribution in [1.82, 2.24) is 9.55 Å². The van der Waals surface area contributed by atoms with E-state index in [0.29, 0.717) is 11.5 Å². The van der Waals surface area contributed by atoms with E-state index >= 15 is 0 Å². The summed E-state index contributed by atoms with van der Waals surface area (Å²) < 4.78 is 8.92. The molecule has 8 aromatic rings. The minimum absolute atomic E-state index is 0. The molecule has 0 saturated carbocycles. The molecule has 11 rings (SSSR count). The summed E-state index contributed by atoms with van der Waals surface area (Å²) in [5.41, 5.74) is 11.9. The van der Waals surface area contributed by atoms with Gasteiger partial charge in [0.15, 0.2) is 0 Å². The van der Waals surface area contributed by atoms with Crippen molar-refractivity contribution in [1.29, 1.82) is 0 Å². The molecule has 0 amide bonds. The van der Waals surface area contributed by atoms with Crippen LogP contribution in [0, 0.1) is 18.8 Å². The van der Waals surface area contributed by atoms with Gasteiger partial charge < -0.3 is 28.9 Å². The van der Waals surface area contributed by atoms with E-state index in [1.807, 2.05) is 42.2 Å². The number of nitrogens with zero attached hydrogens (tertiary/aromatic N) is 6. The fourth-order valence-corrected chi connectivity index (χ4v) is 10.1. The van der Waals surface area contributed by atoms with E-state index in [-0.39, 0.29) is 21.1 Å². The maximum Gasteiger partial charge on any atom is 0.135 e. The third-order valence-electron chi connectivity index (χ3n) is 11.5. The normalized spacial score (nSPS) is 14.2. The number of benzene rings is 6. The molecule has 0 fully saturated rings. The van der Waals surface area contributed by atoms with Gasteiger partial charge in [0.2, 0.25) is 0 Å². The molecule has 9 heteroatoms. The zero-order valence-electron chi connectivity index (χ0n) is 32.0. The van der Waals surface area contributed by atoms with Gasteiger partial charge >= 0.3 is 0 Å². The zero-order chi connectivity index (χ0) is 37.9. The number of aromatic nitrogens is 2. The molecule has 0 aliphatic carbocycles. The Morgan fingerprint density at radius 2 is 1.39 bits per heavy atom. The van der Waals surface area contributed by atoms with Gasteiger partial charge in [-0.05, 0) is 89.8 Å². The molecular formula is C48H37N6OPtS-3. The Labute approximate surface area is 351 Å². The van der Waals surface area contributed by atoms with E-state index < -0.39 is 5.41 Å². The minimum Gasteiger partial charge on any atom is -0.509 e. The Bertz CT molecular complexity index is 2850. The Morgan fingerprint density at radius 3 is 2.11 bits per heavy atom. The molecule has 0 atom stereocenters. The SMILES string of the molecule is CN(C)c1ccc2c(c1)C1(c3ccc(Oc4[c-]c5c(cc4)c4ccccc4n5-c4ccccn4)[c-]c3N3[CH-]N(C)c4cccc1c43)c1cc(N(C)C)ccc1S2.[Pt]. The summed E-state index contributed by atoms with van der Waals surface area (Å²) in [5, 5.41) is 2.24. The molecule has 0 saturated heterocycles. The summed E-state index contributed by atoms with van der Waals surface area (Å²) >= 11 is 1.85. The van der Waals surface area contributed by atoms with Crippen LogP contribution in [0.3, 0.4) is 0 Å². The molecule has 7 nitrogen and oxygen atoms in total. The molecule has 5 heterocycles. The standard InChI is InChI=1S/C48H37N6OS.Pt/c1-50(2)30-16-22-44-38(25-30)48(39-26-31(51(3)4)17-23-45(39)56-44)36-21-19-33(28-43(36)53-29-52(5)41-14-10-12-37(48)47(41)53)55-32-18-20-35-34-11-6-7-13-40(34)54(42(35)27-32)46-15-8-9-24-49-46;/h6-26,29H,1-5H3;/q-3;. The van der Waals surface area contributed by atoms with E-state index in [2.05, 4.69) is 175 Å². The molecule has 3 aliphatic heterocycles. The molecule has 0 unspecified atom stereocenters. The summed E-state index contributed by atoms with van der Waals surface area (Å²) in [7, 11) is 10.6. The van der Waals surface area contributed by atoms with Crippen LogP contribution in [0.4, 0.5) is 28.4 Å². The van der Waals surface area contributed by atoms with Gasteiger partial charge in [0.05, 0.1) is 0 Å². The summed E-state index contributed by atoms with van der Waals surface area (Å²) in [4.78, 5) is 16.1. The first-order valence-electron chi connectivity index (χ1n) is 18.7. The molecule has 0 radical (unpaired) electrons. The van der Waals surface area contributed by atoms with Gasteiger partial charge in [0.1, 0.15) is 5.82 Å². The predicted molar refractivity (Wildman–Crippen MR) is 229 cm³/mol. The molecular weight excluding hydrogens is 904 g/mol. The third-order valence-corrected chi connectivity index (χ3v) is 12.7. The number of fused-ring (bicyclic) bond motifs is 11. The van der Waals surface area contributed by atoms with Gasteiger partial charge in [-0.25, -0.2) is 4.98 Å². The second kappa shape index (κ2) is 13.2. The Balaban J connectivity index is 0.00000396. The first-order chi connectivity index (χ1) is 27.3. The van der Waals surface area contributed by atoms with Gasteiger partial charge in [-0.1, -0.05) is 59.4 Å². The average molecular weight is 941 g/mol. The maximum atomic E-state index is 6.76. The minimum atomic E-state index is -0.631. The van der Waals surface area contributed by atoms with Gasteiger partial charge in [-0.2, -0.15) is 18.8 Å². The fourth-order valence-electron chi connectivity index (χ4n) is 8.97. The van der Waals surface area contributed by atoms with E-state index in [1.165, 1.54) is 26.5 Å². The number of pyridine rings is 1. The monoisotopic (exact) mass is 940 g/mol. The van der Waals surface area contributed by atoms with Crippen LogP contribution < -0.4 is 24.3 Å². The maximum absolute atomic E-state index is 6.76. The van der Waals surface area contributed by atoms with Crippen molar-refractivity contribution in [2.45, 2.75) is 15.2 Å². The molecule has 57 heavy (non-hydrogen) atoms. The van der Waals surface area contributed by atoms with Crippen molar-refractivity contribution in [2.24, 2.45) is 0 Å². The topological polar surface area (TPSA) is 40.0 Å². The van der Waals surface area contributed by atoms with Crippen LogP contribution in [0.1, 0.15) is 22.3 Å². The van der Waals surface area contributed by atoms with Crippen molar-refractivity contribution in [3.63, 3.8) is 0 Å². The number of para-hydroxylation sites is 2.